The van der Waals surface area contributed by atoms with Crippen LogP contribution in [0.3, 0.4) is 0 Å². The summed E-state index contributed by atoms with van der Waals surface area (Å²) in [6.07, 6.45) is 10.1. The number of carbonyl (C=O) groups is 1. The molecule has 0 saturated heterocycles. The number of nitrogens with zero attached hydrogens (tertiary/aromatic N) is 2. The monoisotopic (exact) mass is 204 g/mol. The van der Waals surface area contributed by atoms with Crippen molar-refractivity contribution in [3.63, 3.8) is 0 Å². The fourth-order valence-electron chi connectivity index (χ4n) is 2.17. The van der Waals surface area contributed by atoms with Crippen molar-refractivity contribution in [3.8, 4) is 0 Å². The van der Waals surface area contributed by atoms with Crippen molar-refractivity contribution in [2.75, 3.05) is 0 Å². The zero-order valence-electron chi connectivity index (χ0n) is 9.07. The predicted octanol–water partition coefficient (Wildman–Crippen LogP) is 2.73. The highest BCUT2D eigenvalue weighted by Crippen LogP contribution is 2.31. The lowest BCUT2D eigenvalue weighted by Crippen LogP contribution is -2.07. The van der Waals surface area contributed by atoms with E-state index >= 15 is 0 Å². The second-order valence-corrected chi connectivity index (χ2v) is 4.23. The van der Waals surface area contributed by atoms with E-state index in [9.17, 15) is 4.79 Å². The van der Waals surface area contributed by atoms with E-state index in [-0.39, 0.29) is 5.78 Å². The van der Waals surface area contributed by atoms with Crippen molar-refractivity contribution in [1.29, 1.82) is 0 Å². The van der Waals surface area contributed by atoms with Crippen LogP contribution in [0.15, 0.2) is 12.4 Å². The Morgan fingerprint density at radius 3 is 2.33 bits per heavy atom. The number of ketones is 1. The topological polar surface area (TPSA) is 42.9 Å². The fourth-order valence-corrected chi connectivity index (χ4v) is 2.17. The largest absolute Gasteiger partial charge is 0.291 e. The van der Waals surface area contributed by atoms with Gasteiger partial charge in [0, 0.05) is 19.3 Å². The summed E-state index contributed by atoms with van der Waals surface area (Å²) in [4.78, 5) is 19.2. The first kappa shape index (κ1) is 10.3. The minimum Gasteiger partial charge on any atom is -0.291 e. The molecule has 2 rings (SSSR count). The molecule has 0 N–H and O–H groups in total. The molecule has 0 radical (unpaired) electrons. The summed E-state index contributed by atoms with van der Waals surface area (Å²) in [6.45, 7) is 1.50. The van der Waals surface area contributed by atoms with Crippen molar-refractivity contribution in [3.05, 3.63) is 23.8 Å². The average Bonchev–Trinajstić information content (AvgIpc) is 2.30. The molecule has 3 nitrogen and oxygen atoms in total. The third-order valence-corrected chi connectivity index (χ3v) is 3.06. The van der Waals surface area contributed by atoms with Gasteiger partial charge in [0.2, 0.25) is 0 Å². The number of hydrogen-bond donors (Lipinski definition) is 0. The summed E-state index contributed by atoms with van der Waals surface area (Å²) in [5.74, 6) is 0.875. The first-order valence-corrected chi connectivity index (χ1v) is 5.60. The Labute approximate surface area is 89.9 Å². The quantitative estimate of drug-likeness (QED) is 0.696. The molecule has 0 bridgehead atoms. The van der Waals surface area contributed by atoms with Crippen molar-refractivity contribution >= 4 is 5.78 Å². The lowest BCUT2D eigenvalue weighted by atomic mass is 9.85. The third kappa shape index (κ3) is 2.41. The van der Waals surface area contributed by atoms with Gasteiger partial charge >= 0.3 is 0 Å². The summed E-state index contributed by atoms with van der Waals surface area (Å²) >= 11 is 0. The Bertz CT molecular complexity index is 339. The number of Topliss-reactive ketones (excluding diaryl/α,β-unsaturated/α-hetero) is 1. The molecule has 0 aromatic carbocycles. The SMILES string of the molecule is CC(=O)c1ncc(C2CCCCC2)cn1. The van der Waals surface area contributed by atoms with E-state index in [1.165, 1.54) is 44.6 Å². The van der Waals surface area contributed by atoms with Gasteiger partial charge in [0.15, 0.2) is 11.6 Å². The molecule has 0 aliphatic heterocycles. The van der Waals surface area contributed by atoms with Crippen LogP contribution in [-0.2, 0) is 0 Å². The second-order valence-electron chi connectivity index (χ2n) is 4.23. The highest BCUT2D eigenvalue weighted by atomic mass is 16.1. The summed E-state index contributed by atoms with van der Waals surface area (Å²) < 4.78 is 0. The standard InChI is InChI=1S/C12H16N2O/c1-9(15)12-13-7-11(8-14-12)10-5-3-2-4-6-10/h7-8,10H,2-6H2,1H3. The Morgan fingerprint density at radius 1 is 1.20 bits per heavy atom. The molecule has 0 unspecified atom stereocenters. The van der Waals surface area contributed by atoms with E-state index in [0.717, 1.165) is 0 Å². The molecule has 3 heteroatoms. The van der Waals surface area contributed by atoms with Gasteiger partial charge in [-0.25, -0.2) is 9.97 Å². The van der Waals surface area contributed by atoms with Crippen LogP contribution in [0.2, 0.25) is 0 Å². The van der Waals surface area contributed by atoms with Crippen molar-refractivity contribution in [2.24, 2.45) is 0 Å². The van der Waals surface area contributed by atoms with Crippen LogP contribution >= 0.6 is 0 Å². The fraction of sp³-hybridized carbons (Fsp3) is 0.583. The van der Waals surface area contributed by atoms with Crippen molar-refractivity contribution in [1.82, 2.24) is 9.97 Å². The Kier molecular flexibility index (Phi) is 3.09. The van der Waals surface area contributed by atoms with Crippen LogP contribution in [0.4, 0.5) is 0 Å². The van der Waals surface area contributed by atoms with E-state index in [1.54, 1.807) is 0 Å². The smallest absolute Gasteiger partial charge is 0.196 e. The minimum atomic E-state index is -0.0646. The van der Waals surface area contributed by atoms with E-state index in [1.807, 2.05) is 12.4 Å². The van der Waals surface area contributed by atoms with Gasteiger partial charge in [-0.1, -0.05) is 19.3 Å². The minimum absolute atomic E-state index is 0.0646. The van der Waals surface area contributed by atoms with E-state index < -0.39 is 0 Å². The van der Waals surface area contributed by atoms with Gasteiger partial charge in [-0.2, -0.15) is 0 Å². The van der Waals surface area contributed by atoms with E-state index in [4.69, 9.17) is 0 Å². The number of hydrogen-bond acceptors (Lipinski definition) is 3. The highest BCUT2D eigenvalue weighted by Gasteiger charge is 2.16. The van der Waals surface area contributed by atoms with Crippen molar-refractivity contribution in [2.45, 2.75) is 44.9 Å². The maximum Gasteiger partial charge on any atom is 0.196 e. The van der Waals surface area contributed by atoms with Crippen LogP contribution in [0, 0.1) is 0 Å². The molecule has 1 aliphatic carbocycles. The maximum atomic E-state index is 11.0. The highest BCUT2D eigenvalue weighted by molar-refractivity contribution is 5.90. The normalized spacial score (nSPS) is 17.7. The zero-order valence-corrected chi connectivity index (χ0v) is 9.07. The van der Waals surface area contributed by atoms with Crippen LogP contribution in [-0.4, -0.2) is 15.8 Å². The van der Waals surface area contributed by atoms with Gasteiger partial charge in [-0.05, 0) is 24.3 Å². The third-order valence-electron chi connectivity index (χ3n) is 3.06. The van der Waals surface area contributed by atoms with Gasteiger partial charge in [0.05, 0.1) is 0 Å². The average molecular weight is 204 g/mol. The number of rotatable bonds is 2. The van der Waals surface area contributed by atoms with Crippen LogP contribution in [0.25, 0.3) is 0 Å². The molecular weight excluding hydrogens is 188 g/mol. The first-order chi connectivity index (χ1) is 7.27. The van der Waals surface area contributed by atoms with Gasteiger partial charge in [-0.15, -0.1) is 0 Å². The zero-order chi connectivity index (χ0) is 10.7. The maximum absolute atomic E-state index is 11.0. The van der Waals surface area contributed by atoms with Gasteiger partial charge in [0.1, 0.15) is 0 Å². The van der Waals surface area contributed by atoms with Crippen LogP contribution < -0.4 is 0 Å². The van der Waals surface area contributed by atoms with Crippen LogP contribution in [0.1, 0.15) is 61.1 Å². The molecule has 0 atom stereocenters. The van der Waals surface area contributed by atoms with E-state index in [0.29, 0.717) is 11.7 Å². The van der Waals surface area contributed by atoms with E-state index in [2.05, 4.69) is 9.97 Å². The first-order valence-electron chi connectivity index (χ1n) is 5.60. The number of aromatic nitrogens is 2. The molecule has 80 valence electrons. The molecule has 0 spiro atoms. The second kappa shape index (κ2) is 4.51. The molecule has 1 aliphatic rings. The predicted molar refractivity (Wildman–Crippen MR) is 57.9 cm³/mol. The Hall–Kier alpha value is -1.25. The number of carbonyl (C=O) groups excluding carboxylic acids is 1. The molecule has 15 heavy (non-hydrogen) atoms. The molecule has 1 aromatic rings. The molecule has 1 fully saturated rings. The van der Waals surface area contributed by atoms with Gasteiger partial charge < -0.3 is 0 Å². The Morgan fingerprint density at radius 2 is 1.80 bits per heavy atom. The summed E-state index contributed by atoms with van der Waals surface area (Å²) in [7, 11) is 0. The lowest BCUT2D eigenvalue weighted by Gasteiger charge is -2.21. The molecular formula is C12H16N2O. The molecule has 1 saturated carbocycles. The van der Waals surface area contributed by atoms with Crippen molar-refractivity contribution < 1.29 is 4.79 Å². The van der Waals surface area contributed by atoms with Gasteiger partial charge in [0.25, 0.3) is 0 Å². The molecule has 1 heterocycles. The summed E-state index contributed by atoms with van der Waals surface area (Å²) in [5, 5.41) is 0. The summed E-state index contributed by atoms with van der Waals surface area (Å²) in [5.41, 5.74) is 1.19. The lowest BCUT2D eigenvalue weighted by molar-refractivity contribution is 0.100. The van der Waals surface area contributed by atoms with Gasteiger partial charge in [-0.3, -0.25) is 4.79 Å². The van der Waals surface area contributed by atoms with Crippen LogP contribution in [0.5, 0.6) is 0 Å². The molecule has 1 aromatic heterocycles. The molecule has 0 amide bonds. The summed E-state index contributed by atoms with van der Waals surface area (Å²) in [6, 6.07) is 0. The Balaban J connectivity index is 2.11.